The van der Waals surface area contributed by atoms with Gasteiger partial charge in [-0.2, -0.15) is 0 Å². The molecule has 0 aliphatic carbocycles. The minimum absolute atomic E-state index is 0.0156. The third-order valence-corrected chi connectivity index (χ3v) is 7.62. The molecule has 0 unspecified atom stereocenters. The highest BCUT2D eigenvalue weighted by Gasteiger charge is 2.18. The molecule has 4 rings (SSSR count). The topological polar surface area (TPSA) is 116 Å². The molecule has 0 aliphatic heterocycles. The lowest BCUT2D eigenvalue weighted by Crippen LogP contribution is -2.00. The quantitative estimate of drug-likeness (QED) is 0.125. The van der Waals surface area contributed by atoms with E-state index >= 15 is 0 Å². The highest BCUT2D eigenvalue weighted by Crippen LogP contribution is 2.37. The van der Waals surface area contributed by atoms with Crippen molar-refractivity contribution in [1.29, 1.82) is 0 Å². The normalized spacial score (nSPS) is 11.3. The van der Waals surface area contributed by atoms with E-state index in [2.05, 4.69) is 31.1 Å². The van der Waals surface area contributed by atoms with E-state index in [1.807, 2.05) is 0 Å². The number of thioether (sulfide) groups is 1. The molecular formula is C27H22BrCl2N3O6S. The van der Waals surface area contributed by atoms with E-state index < -0.39 is 5.97 Å². The summed E-state index contributed by atoms with van der Waals surface area (Å²) in [6, 6.07) is 13.8. The van der Waals surface area contributed by atoms with Crippen molar-refractivity contribution in [1.82, 2.24) is 15.2 Å². The van der Waals surface area contributed by atoms with Gasteiger partial charge in [-0.3, -0.25) is 5.10 Å². The fourth-order valence-corrected chi connectivity index (χ4v) is 5.07. The smallest absolute Gasteiger partial charge is 0.342 e. The predicted molar refractivity (Wildman–Crippen MR) is 158 cm³/mol. The summed E-state index contributed by atoms with van der Waals surface area (Å²) in [5.41, 5.74) is 1.96. The number of H-pyrrole nitrogens is 1. The Morgan fingerprint density at radius 3 is 2.38 bits per heavy atom. The fraction of sp³-hybridized carbons (Fsp3) is 0.148. The van der Waals surface area contributed by atoms with Crippen LogP contribution in [0.1, 0.15) is 11.1 Å². The zero-order valence-electron chi connectivity index (χ0n) is 21.3. The molecule has 9 nitrogen and oxygen atoms in total. The number of carboxylic acid groups (broad SMARTS) is 1. The number of hydrogen-bond acceptors (Lipinski definition) is 8. The van der Waals surface area contributed by atoms with Crippen molar-refractivity contribution < 1.29 is 28.8 Å². The summed E-state index contributed by atoms with van der Waals surface area (Å²) < 4.78 is 22.6. The number of nitrogens with one attached hydrogen (secondary N) is 1. The Hall–Kier alpha value is -3.38. The van der Waals surface area contributed by atoms with Crippen LogP contribution in [0.25, 0.3) is 17.5 Å². The molecule has 1 heterocycles. The average Bonchev–Trinajstić information content (AvgIpc) is 3.41. The molecule has 13 heteroatoms. The Morgan fingerprint density at radius 2 is 1.75 bits per heavy atom. The first-order valence-corrected chi connectivity index (χ1v) is 13.8. The summed E-state index contributed by atoms with van der Waals surface area (Å²) in [5.74, 6) is 1.27. The highest BCUT2D eigenvalue weighted by molar-refractivity contribution is 9.10. The van der Waals surface area contributed by atoms with Crippen molar-refractivity contribution >= 4 is 62.9 Å². The van der Waals surface area contributed by atoms with Gasteiger partial charge < -0.3 is 24.1 Å². The molecule has 1 aromatic heterocycles. The number of carbonyl (C=O) groups is 1. The third-order valence-electron chi connectivity index (χ3n) is 5.47. The lowest BCUT2D eigenvalue weighted by molar-refractivity contribution is -0.131. The molecule has 0 radical (unpaired) electrons. The van der Waals surface area contributed by atoms with Crippen LogP contribution in [-0.2, 0) is 11.4 Å². The number of halogens is 3. The van der Waals surface area contributed by atoms with E-state index in [9.17, 15) is 9.90 Å². The number of benzene rings is 3. The van der Waals surface area contributed by atoms with Crippen molar-refractivity contribution in [3.63, 3.8) is 0 Å². The van der Waals surface area contributed by atoms with Gasteiger partial charge in [0.25, 0.3) is 0 Å². The first-order chi connectivity index (χ1) is 19.2. The number of methoxy groups -OCH3 is 3. The molecule has 0 aliphatic rings. The number of aliphatic carboxylic acids is 1. The van der Waals surface area contributed by atoms with Crippen LogP contribution >= 0.6 is 50.9 Å². The zero-order chi connectivity index (χ0) is 28.8. The maximum Gasteiger partial charge on any atom is 0.342 e. The van der Waals surface area contributed by atoms with Gasteiger partial charge in [-0.1, -0.05) is 45.2 Å². The van der Waals surface area contributed by atoms with Crippen molar-refractivity contribution in [3.8, 4) is 34.4 Å². The van der Waals surface area contributed by atoms with Crippen LogP contribution in [0.15, 0.2) is 63.1 Å². The molecule has 0 spiro atoms. The van der Waals surface area contributed by atoms with Gasteiger partial charge in [0, 0.05) is 31.7 Å². The highest BCUT2D eigenvalue weighted by atomic mass is 79.9. The van der Waals surface area contributed by atoms with Crippen molar-refractivity contribution in [2.24, 2.45) is 0 Å². The molecule has 0 atom stereocenters. The van der Waals surface area contributed by atoms with E-state index in [-0.39, 0.29) is 16.7 Å². The van der Waals surface area contributed by atoms with E-state index in [4.69, 9.17) is 42.1 Å². The van der Waals surface area contributed by atoms with Gasteiger partial charge in [-0.25, -0.2) is 9.78 Å². The number of aromatic amines is 1. The van der Waals surface area contributed by atoms with E-state index in [1.54, 1.807) is 62.8 Å². The van der Waals surface area contributed by atoms with E-state index in [0.717, 1.165) is 17.3 Å². The monoisotopic (exact) mass is 665 g/mol. The molecule has 2 N–H and O–H groups in total. The van der Waals surface area contributed by atoms with E-state index in [1.165, 1.54) is 13.2 Å². The summed E-state index contributed by atoms with van der Waals surface area (Å²) >= 11 is 16.6. The maximum atomic E-state index is 12.1. The molecule has 40 heavy (non-hydrogen) atoms. The van der Waals surface area contributed by atoms with Gasteiger partial charge in [0.15, 0.2) is 17.3 Å². The van der Waals surface area contributed by atoms with Gasteiger partial charge in [0.05, 0.1) is 21.3 Å². The number of nitrogens with zero attached hydrogens (tertiary/aromatic N) is 2. The first-order valence-electron chi connectivity index (χ1n) is 11.4. The maximum absolute atomic E-state index is 12.1. The van der Waals surface area contributed by atoms with Crippen LogP contribution in [0.5, 0.6) is 23.0 Å². The minimum atomic E-state index is -1.15. The summed E-state index contributed by atoms with van der Waals surface area (Å²) in [5, 5.41) is 18.1. The van der Waals surface area contributed by atoms with Crippen LogP contribution < -0.4 is 18.9 Å². The molecule has 0 saturated heterocycles. The summed E-state index contributed by atoms with van der Waals surface area (Å²) in [7, 11) is 4.59. The number of hydrogen-bond donors (Lipinski definition) is 2. The summed E-state index contributed by atoms with van der Waals surface area (Å²) in [6.07, 6.45) is 1.49. The molecular weight excluding hydrogens is 645 g/mol. The first kappa shape index (κ1) is 29.6. The van der Waals surface area contributed by atoms with E-state index in [0.29, 0.717) is 54.5 Å². The van der Waals surface area contributed by atoms with Crippen LogP contribution in [0.3, 0.4) is 0 Å². The number of carboxylic acids is 1. The summed E-state index contributed by atoms with van der Waals surface area (Å²) in [4.78, 5) is 16.5. The second-order valence-corrected chi connectivity index (χ2v) is 10.7. The lowest BCUT2D eigenvalue weighted by atomic mass is 10.2. The van der Waals surface area contributed by atoms with Gasteiger partial charge in [0.1, 0.15) is 23.0 Å². The SMILES string of the molecule is COc1cc(OC)cc(-c2nc(S/C(=C\c3cc(OC)c(OCc4ccc(Cl)cc4Cl)cc3Br)C(=O)O)n[nH]2)c1. The van der Waals surface area contributed by atoms with Crippen molar-refractivity contribution in [3.05, 3.63) is 79.1 Å². The molecule has 0 bridgehead atoms. The largest absolute Gasteiger partial charge is 0.497 e. The van der Waals surface area contributed by atoms with Gasteiger partial charge >= 0.3 is 5.97 Å². The molecule has 0 amide bonds. The van der Waals surface area contributed by atoms with Crippen LogP contribution in [0.4, 0.5) is 0 Å². The Bertz CT molecular complexity index is 1560. The predicted octanol–water partition coefficient (Wildman–Crippen LogP) is 7.36. The second-order valence-electron chi connectivity index (χ2n) is 8.03. The number of rotatable bonds is 11. The average molecular weight is 667 g/mol. The number of ether oxygens (including phenoxy) is 4. The minimum Gasteiger partial charge on any atom is -0.497 e. The van der Waals surface area contributed by atoms with Crippen molar-refractivity contribution in [2.75, 3.05) is 21.3 Å². The summed E-state index contributed by atoms with van der Waals surface area (Å²) in [6.45, 7) is 0.177. The number of aromatic nitrogens is 3. The third kappa shape index (κ3) is 7.22. The lowest BCUT2D eigenvalue weighted by Gasteiger charge is -2.14. The van der Waals surface area contributed by atoms with Crippen LogP contribution in [0.2, 0.25) is 10.0 Å². The van der Waals surface area contributed by atoms with Gasteiger partial charge in [-0.05, 0) is 59.8 Å². The van der Waals surface area contributed by atoms with Crippen molar-refractivity contribution in [2.45, 2.75) is 11.8 Å². The fourth-order valence-electron chi connectivity index (χ4n) is 3.47. The Morgan fingerprint density at radius 1 is 1.02 bits per heavy atom. The Labute approximate surface area is 252 Å². The Kier molecular flexibility index (Phi) is 9.85. The second kappa shape index (κ2) is 13.3. The zero-order valence-corrected chi connectivity index (χ0v) is 25.2. The van der Waals surface area contributed by atoms with Gasteiger partial charge in [-0.15, -0.1) is 5.10 Å². The molecule has 0 saturated carbocycles. The molecule has 208 valence electrons. The standard InChI is InChI=1S/C27H22BrCl2N3O6S/c1-36-18-6-16(7-19(11-18)37-2)25-31-27(33-32-25)40-24(26(34)35)9-15-8-22(38-3)23(12-20(15)28)39-13-14-4-5-17(29)10-21(14)30/h4-12H,13H2,1-3H3,(H,34,35)(H,31,32,33)/b24-9-. The van der Waals surface area contributed by atoms with Gasteiger partial charge in [0.2, 0.25) is 5.16 Å². The van der Waals surface area contributed by atoms with Crippen LogP contribution in [0, 0.1) is 0 Å². The molecule has 0 fully saturated rings. The Balaban J connectivity index is 1.57. The van der Waals surface area contributed by atoms with Crippen LogP contribution in [-0.4, -0.2) is 47.6 Å². The molecule has 3 aromatic carbocycles. The molecule has 4 aromatic rings.